The van der Waals surface area contributed by atoms with Crippen LogP contribution in [0, 0.1) is 6.92 Å². The molecule has 106 valence electrons. The molecule has 0 atom stereocenters. The first-order chi connectivity index (χ1) is 9.74. The SMILES string of the molecule is CCc1cccnc1CNCc1ccc(OC)c(C)c1. The van der Waals surface area contributed by atoms with Gasteiger partial charge in [0.25, 0.3) is 0 Å². The first-order valence-electron chi connectivity index (χ1n) is 7.01. The number of nitrogens with zero attached hydrogens (tertiary/aromatic N) is 1. The van der Waals surface area contributed by atoms with Gasteiger partial charge in [0, 0.05) is 19.3 Å². The maximum atomic E-state index is 5.27. The van der Waals surface area contributed by atoms with Gasteiger partial charge < -0.3 is 10.1 Å². The molecule has 0 unspecified atom stereocenters. The number of aromatic nitrogens is 1. The summed E-state index contributed by atoms with van der Waals surface area (Å²) < 4.78 is 5.27. The second kappa shape index (κ2) is 7.06. The standard InChI is InChI=1S/C17H22N2O/c1-4-15-6-5-9-19-16(15)12-18-11-14-7-8-17(20-3)13(2)10-14/h5-10,18H,4,11-12H2,1-3H3. The minimum atomic E-state index is 0.801. The molecule has 2 aromatic rings. The van der Waals surface area contributed by atoms with Crippen LogP contribution in [0.1, 0.15) is 29.3 Å². The van der Waals surface area contributed by atoms with E-state index in [2.05, 4.69) is 42.3 Å². The van der Waals surface area contributed by atoms with E-state index >= 15 is 0 Å². The first kappa shape index (κ1) is 14.5. The molecule has 0 aliphatic heterocycles. The third-order valence-electron chi connectivity index (χ3n) is 3.45. The third-order valence-corrected chi connectivity index (χ3v) is 3.45. The van der Waals surface area contributed by atoms with Crippen molar-refractivity contribution in [3.63, 3.8) is 0 Å². The van der Waals surface area contributed by atoms with Gasteiger partial charge in [-0.05, 0) is 42.2 Å². The molecule has 0 spiro atoms. The summed E-state index contributed by atoms with van der Waals surface area (Å²) in [6, 6.07) is 10.4. The van der Waals surface area contributed by atoms with Crippen molar-refractivity contribution >= 4 is 0 Å². The average Bonchev–Trinajstić information content (AvgIpc) is 2.48. The van der Waals surface area contributed by atoms with E-state index < -0.39 is 0 Å². The maximum Gasteiger partial charge on any atom is 0.121 e. The lowest BCUT2D eigenvalue weighted by Crippen LogP contribution is -2.15. The highest BCUT2D eigenvalue weighted by Gasteiger charge is 2.02. The molecule has 1 aromatic carbocycles. The van der Waals surface area contributed by atoms with E-state index in [0.717, 1.165) is 31.0 Å². The predicted molar refractivity (Wildman–Crippen MR) is 81.9 cm³/mol. The van der Waals surface area contributed by atoms with Crippen LogP contribution in [0.2, 0.25) is 0 Å². The topological polar surface area (TPSA) is 34.2 Å². The first-order valence-corrected chi connectivity index (χ1v) is 7.01. The highest BCUT2D eigenvalue weighted by molar-refractivity contribution is 5.36. The minimum Gasteiger partial charge on any atom is -0.496 e. The van der Waals surface area contributed by atoms with Crippen molar-refractivity contribution in [2.75, 3.05) is 7.11 Å². The van der Waals surface area contributed by atoms with Crippen LogP contribution in [0.15, 0.2) is 36.5 Å². The summed E-state index contributed by atoms with van der Waals surface area (Å²) in [4.78, 5) is 4.44. The Morgan fingerprint density at radius 3 is 2.75 bits per heavy atom. The zero-order chi connectivity index (χ0) is 14.4. The summed E-state index contributed by atoms with van der Waals surface area (Å²) in [6.45, 7) is 5.86. The summed E-state index contributed by atoms with van der Waals surface area (Å²) in [5.74, 6) is 0.937. The Morgan fingerprint density at radius 2 is 2.05 bits per heavy atom. The molecule has 2 rings (SSSR count). The van der Waals surface area contributed by atoms with Crippen LogP contribution in [0.3, 0.4) is 0 Å². The number of benzene rings is 1. The van der Waals surface area contributed by atoms with Gasteiger partial charge in [-0.15, -0.1) is 0 Å². The Hall–Kier alpha value is -1.87. The molecular formula is C17H22N2O. The van der Waals surface area contributed by atoms with E-state index in [1.54, 1.807) is 7.11 Å². The number of nitrogens with one attached hydrogen (secondary N) is 1. The highest BCUT2D eigenvalue weighted by atomic mass is 16.5. The van der Waals surface area contributed by atoms with Crippen molar-refractivity contribution < 1.29 is 4.74 Å². The molecule has 1 heterocycles. The van der Waals surface area contributed by atoms with Gasteiger partial charge in [0.1, 0.15) is 5.75 Å². The third kappa shape index (κ3) is 3.58. The number of aryl methyl sites for hydroxylation is 2. The zero-order valence-electron chi connectivity index (χ0n) is 12.4. The number of hydrogen-bond acceptors (Lipinski definition) is 3. The molecule has 0 bridgehead atoms. The lowest BCUT2D eigenvalue weighted by molar-refractivity contribution is 0.411. The van der Waals surface area contributed by atoms with Crippen LogP contribution in [-0.4, -0.2) is 12.1 Å². The van der Waals surface area contributed by atoms with Crippen LogP contribution in [0.25, 0.3) is 0 Å². The van der Waals surface area contributed by atoms with Gasteiger partial charge in [0.2, 0.25) is 0 Å². The van der Waals surface area contributed by atoms with Crippen molar-refractivity contribution in [1.29, 1.82) is 0 Å². The zero-order valence-corrected chi connectivity index (χ0v) is 12.4. The van der Waals surface area contributed by atoms with Crippen molar-refractivity contribution in [2.24, 2.45) is 0 Å². The fourth-order valence-corrected chi connectivity index (χ4v) is 2.33. The Bertz CT molecular complexity index is 567. The second-order valence-corrected chi connectivity index (χ2v) is 4.87. The van der Waals surface area contributed by atoms with E-state index in [1.807, 2.05) is 18.3 Å². The largest absolute Gasteiger partial charge is 0.496 e. The average molecular weight is 270 g/mol. The maximum absolute atomic E-state index is 5.27. The molecule has 0 saturated carbocycles. The molecule has 0 saturated heterocycles. The molecule has 0 aliphatic rings. The quantitative estimate of drug-likeness (QED) is 0.875. The van der Waals surface area contributed by atoms with Gasteiger partial charge in [-0.2, -0.15) is 0 Å². The van der Waals surface area contributed by atoms with Gasteiger partial charge >= 0.3 is 0 Å². The fourth-order valence-electron chi connectivity index (χ4n) is 2.33. The van der Waals surface area contributed by atoms with Crippen molar-refractivity contribution in [2.45, 2.75) is 33.4 Å². The molecule has 20 heavy (non-hydrogen) atoms. The summed E-state index contributed by atoms with van der Waals surface area (Å²) in [6.07, 6.45) is 2.88. The molecule has 0 amide bonds. The molecular weight excluding hydrogens is 248 g/mol. The highest BCUT2D eigenvalue weighted by Crippen LogP contribution is 2.18. The van der Waals surface area contributed by atoms with Gasteiger partial charge in [0.15, 0.2) is 0 Å². The van der Waals surface area contributed by atoms with Crippen LogP contribution >= 0.6 is 0 Å². The lowest BCUT2D eigenvalue weighted by atomic mass is 10.1. The summed E-state index contributed by atoms with van der Waals surface area (Å²) in [7, 11) is 1.70. The lowest BCUT2D eigenvalue weighted by Gasteiger charge is -2.10. The van der Waals surface area contributed by atoms with Gasteiger partial charge in [0.05, 0.1) is 12.8 Å². The molecule has 3 heteroatoms. The smallest absolute Gasteiger partial charge is 0.121 e. The Kier molecular flexibility index (Phi) is 5.13. The van der Waals surface area contributed by atoms with Gasteiger partial charge in [-0.3, -0.25) is 4.98 Å². The van der Waals surface area contributed by atoms with Crippen LogP contribution < -0.4 is 10.1 Å². The summed E-state index contributed by atoms with van der Waals surface area (Å²) in [5, 5.41) is 3.45. The molecule has 3 nitrogen and oxygen atoms in total. The monoisotopic (exact) mass is 270 g/mol. The van der Waals surface area contributed by atoms with Crippen LogP contribution in [0.5, 0.6) is 5.75 Å². The van der Waals surface area contributed by atoms with E-state index in [0.29, 0.717) is 0 Å². The second-order valence-electron chi connectivity index (χ2n) is 4.87. The van der Waals surface area contributed by atoms with E-state index in [9.17, 15) is 0 Å². The van der Waals surface area contributed by atoms with E-state index in [4.69, 9.17) is 4.74 Å². The summed E-state index contributed by atoms with van der Waals surface area (Å²) in [5.41, 5.74) is 4.88. The number of rotatable bonds is 6. The molecule has 1 aromatic heterocycles. The normalized spacial score (nSPS) is 10.6. The fraction of sp³-hybridized carbons (Fsp3) is 0.353. The van der Waals surface area contributed by atoms with Gasteiger partial charge in [-0.1, -0.05) is 25.1 Å². The van der Waals surface area contributed by atoms with Crippen LogP contribution in [-0.2, 0) is 19.5 Å². The molecule has 0 aliphatic carbocycles. The Balaban J connectivity index is 1.94. The number of pyridine rings is 1. The Labute approximate surface area is 121 Å². The number of methoxy groups -OCH3 is 1. The summed E-state index contributed by atoms with van der Waals surface area (Å²) >= 11 is 0. The molecule has 0 radical (unpaired) electrons. The van der Waals surface area contributed by atoms with Gasteiger partial charge in [-0.25, -0.2) is 0 Å². The van der Waals surface area contributed by atoms with Crippen molar-refractivity contribution in [3.05, 3.63) is 58.9 Å². The van der Waals surface area contributed by atoms with Crippen LogP contribution in [0.4, 0.5) is 0 Å². The molecule has 1 N–H and O–H groups in total. The van der Waals surface area contributed by atoms with Crippen molar-refractivity contribution in [1.82, 2.24) is 10.3 Å². The van der Waals surface area contributed by atoms with E-state index in [-0.39, 0.29) is 0 Å². The minimum absolute atomic E-state index is 0.801. The number of hydrogen-bond donors (Lipinski definition) is 1. The van der Waals surface area contributed by atoms with Crippen molar-refractivity contribution in [3.8, 4) is 5.75 Å². The molecule has 0 fully saturated rings. The van der Waals surface area contributed by atoms with E-state index in [1.165, 1.54) is 16.7 Å². The Morgan fingerprint density at radius 1 is 1.20 bits per heavy atom. The predicted octanol–water partition coefficient (Wildman–Crippen LogP) is 3.25. The number of ether oxygens (including phenoxy) is 1.